The summed E-state index contributed by atoms with van der Waals surface area (Å²) in [4.78, 5) is 2.30. The van der Waals surface area contributed by atoms with Crippen molar-refractivity contribution >= 4 is 5.69 Å². The Balaban J connectivity index is 1.95. The molecule has 0 N–H and O–H groups in total. The number of nitrogens with zero attached hydrogens (tertiary/aromatic N) is 2. The molecule has 3 nitrogen and oxygen atoms in total. The van der Waals surface area contributed by atoms with Gasteiger partial charge in [0.1, 0.15) is 12.4 Å². The normalized spacial score (nSPS) is 9.95. The fraction of sp³-hybridized carbons (Fsp3) is 0.278. The van der Waals surface area contributed by atoms with Gasteiger partial charge in [-0.2, -0.15) is 5.26 Å². The average molecular weight is 280 g/mol. The van der Waals surface area contributed by atoms with E-state index in [9.17, 15) is 0 Å². The number of hydrogen-bond acceptors (Lipinski definition) is 3. The van der Waals surface area contributed by atoms with Crippen molar-refractivity contribution < 1.29 is 4.74 Å². The minimum absolute atomic E-state index is 0.594. The highest BCUT2D eigenvalue weighted by Gasteiger charge is 2.06. The van der Waals surface area contributed by atoms with Crippen molar-refractivity contribution in [1.82, 2.24) is 0 Å². The van der Waals surface area contributed by atoms with Crippen molar-refractivity contribution in [2.75, 3.05) is 24.6 Å². The molecule has 0 fully saturated rings. The van der Waals surface area contributed by atoms with Crippen molar-refractivity contribution in [3.63, 3.8) is 0 Å². The molecule has 0 aliphatic carbocycles. The van der Waals surface area contributed by atoms with E-state index in [1.807, 2.05) is 12.1 Å². The molecule has 0 saturated carbocycles. The standard InChI is InChI=1S/C18H20N2O/c1-3-20(18-10-5-4-7-15(18)2)11-12-21-17-9-6-8-16(13-17)14-19/h4-10,13H,3,11-12H2,1-2H3. The zero-order valence-corrected chi connectivity index (χ0v) is 12.5. The van der Waals surface area contributed by atoms with Crippen LogP contribution in [-0.4, -0.2) is 19.7 Å². The lowest BCUT2D eigenvalue weighted by Crippen LogP contribution is -2.28. The summed E-state index contributed by atoms with van der Waals surface area (Å²) in [5.74, 6) is 0.745. The summed E-state index contributed by atoms with van der Waals surface area (Å²) >= 11 is 0. The number of nitriles is 1. The fourth-order valence-electron chi connectivity index (χ4n) is 2.30. The quantitative estimate of drug-likeness (QED) is 0.808. The molecule has 2 aromatic rings. The molecule has 0 aliphatic rings. The maximum atomic E-state index is 8.88. The Hall–Kier alpha value is -2.47. The summed E-state index contributed by atoms with van der Waals surface area (Å²) in [6.07, 6.45) is 0. The van der Waals surface area contributed by atoms with Crippen LogP contribution in [0.1, 0.15) is 18.1 Å². The highest BCUT2D eigenvalue weighted by molar-refractivity contribution is 5.52. The van der Waals surface area contributed by atoms with Crippen molar-refractivity contribution in [3.8, 4) is 11.8 Å². The summed E-state index contributed by atoms with van der Waals surface area (Å²) in [7, 11) is 0. The van der Waals surface area contributed by atoms with Gasteiger partial charge in [0, 0.05) is 12.2 Å². The number of benzene rings is 2. The summed E-state index contributed by atoms with van der Waals surface area (Å²) in [5, 5.41) is 8.88. The van der Waals surface area contributed by atoms with Gasteiger partial charge in [0.25, 0.3) is 0 Å². The monoisotopic (exact) mass is 280 g/mol. The predicted octanol–water partition coefficient (Wildman–Crippen LogP) is 3.77. The van der Waals surface area contributed by atoms with E-state index < -0.39 is 0 Å². The van der Waals surface area contributed by atoms with Crippen LogP contribution in [0.4, 0.5) is 5.69 Å². The number of rotatable bonds is 6. The third-order valence-corrected chi connectivity index (χ3v) is 3.43. The first-order chi connectivity index (χ1) is 10.2. The highest BCUT2D eigenvalue weighted by atomic mass is 16.5. The number of aryl methyl sites for hydroxylation is 1. The van der Waals surface area contributed by atoms with Crippen LogP contribution in [-0.2, 0) is 0 Å². The largest absolute Gasteiger partial charge is 0.492 e. The molecule has 0 radical (unpaired) electrons. The van der Waals surface area contributed by atoms with Crippen LogP contribution < -0.4 is 9.64 Å². The van der Waals surface area contributed by atoms with Crippen molar-refractivity contribution in [2.45, 2.75) is 13.8 Å². The highest BCUT2D eigenvalue weighted by Crippen LogP contribution is 2.19. The zero-order valence-electron chi connectivity index (χ0n) is 12.5. The molecular weight excluding hydrogens is 260 g/mol. The predicted molar refractivity (Wildman–Crippen MR) is 85.7 cm³/mol. The van der Waals surface area contributed by atoms with E-state index in [1.165, 1.54) is 11.3 Å². The molecule has 21 heavy (non-hydrogen) atoms. The van der Waals surface area contributed by atoms with Crippen molar-refractivity contribution in [3.05, 3.63) is 59.7 Å². The molecule has 2 rings (SSSR count). The molecular formula is C18H20N2O. The summed E-state index contributed by atoms with van der Waals surface area (Å²) < 4.78 is 5.75. The first-order valence-electron chi connectivity index (χ1n) is 7.18. The molecule has 0 atom stereocenters. The molecule has 0 aliphatic heterocycles. The number of para-hydroxylation sites is 1. The van der Waals surface area contributed by atoms with E-state index in [4.69, 9.17) is 10.00 Å². The van der Waals surface area contributed by atoms with Gasteiger partial charge in [-0.25, -0.2) is 0 Å². The van der Waals surface area contributed by atoms with E-state index in [-0.39, 0.29) is 0 Å². The Morgan fingerprint density at radius 3 is 2.67 bits per heavy atom. The van der Waals surface area contributed by atoms with Gasteiger partial charge in [0.2, 0.25) is 0 Å². The first-order valence-corrected chi connectivity index (χ1v) is 7.18. The Morgan fingerprint density at radius 2 is 1.95 bits per heavy atom. The molecule has 3 heteroatoms. The topological polar surface area (TPSA) is 36.3 Å². The van der Waals surface area contributed by atoms with Gasteiger partial charge in [0.15, 0.2) is 0 Å². The maximum Gasteiger partial charge on any atom is 0.120 e. The number of anilines is 1. The summed E-state index contributed by atoms with van der Waals surface area (Å²) in [6.45, 7) is 6.61. The fourth-order valence-corrected chi connectivity index (χ4v) is 2.30. The van der Waals surface area contributed by atoms with Crippen molar-refractivity contribution in [2.24, 2.45) is 0 Å². The van der Waals surface area contributed by atoms with Crippen LogP contribution in [0.3, 0.4) is 0 Å². The summed E-state index contributed by atoms with van der Waals surface area (Å²) in [6, 6.07) is 17.7. The number of hydrogen-bond donors (Lipinski definition) is 0. The lowest BCUT2D eigenvalue weighted by atomic mass is 10.2. The molecule has 0 aromatic heterocycles. The van der Waals surface area contributed by atoms with E-state index in [0.717, 1.165) is 18.8 Å². The minimum atomic E-state index is 0.594. The average Bonchev–Trinajstić information content (AvgIpc) is 2.53. The Bertz CT molecular complexity index is 631. The van der Waals surface area contributed by atoms with Crippen LogP contribution in [0.25, 0.3) is 0 Å². The Morgan fingerprint density at radius 1 is 1.14 bits per heavy atom. The van der Waals surface area contributed by atoms with Gasteiger partial charge in [-0.15, -0.1) is 0 Å². The Labute approximate surface area is 126 Å². The van der Waals surface area contributed by atoms with E-state index in [2.05, 4.69) is 49.1 Å². The van der Waals surface area contributed by atoms with E-state index >= 15 is 0 Å². The lowest BCUT2D eigenvalue weighted by molar-refractivity contribution is 0.324. The van der Waals surface area contributed by atoms with Crippen molar-refractivity contribution in [1.29, 1.82) is 5.26 Å². The maximum absolute atomic E-state index is 8.88. The molecule has 0 heterocycles. The molecule has 0 spiro atoms. The van der Waals surface area contributed by atoms with E-state index in [1.54, 1.807) is 12.1 Å². The second-order valence-electron chi connectivity index (χ2n) is 4.85. The van der Waals surface area contributed by atoms with Crippen LogP contribution in [0.15, 0.2) is 48.5 Å². The lowest BCUT2D eigenvalue weighted by Gasteiger charge is -2.24. The van der Waals surface area contributed by atoms with Crippen LogP contribution in [0, 0.1) is 18.3 Å². The number of likely N-dealkylation sites (N-methyl/N-ethyl adjacent to an activating group) is 1. The first kappa shape index (κ1) is 14.9. The number of ether oxygens (including phenoxy) is 1. The third-order valence-electron chi connectivity index (χ3n) is 3.43. The van der Waals surface area contributed by atoms with Crippen LogP contribution in [0.5, 0.6) is 5.75 Å². The second-order valence-corrected chi connectivity index (χ2v) is 4.85. The van der Waals surface area contributed by atoms with Gasteiger partial charge in [-0.1, -0.05) is 24.3 Å². The molecule has 0 amide bonds. The molecule has 0 saturated heterocycles. The molecule has 0 bridgehead atoms. The van der Waals surface area contributed by atoms with Gasteiger partial charge in [0.05, 0.1) is 18.2 Å². The van der Waals surface area contributed by atoms with Gasteiger partial charge in [-0.3, -0.25) is 0 Å². The molecule has 0 unspecified atom stereocenters. The summed E-state index contributed by atoms with van der Waals surface area (Å²) in [5.41, 5.74) is 3.14. The molecule has 2 aromatic carbocycles. The third kappa shape index (κ3) is 4.00. The van der Waals surface area contributed by atoms with Gasteiger partial charge >= 0.3 is 0 Å². The SMILES string of the molecule is CCN(CCOc1cccc(C#N)c1)c1ccccc1C. The van der Waals surface area contributed by atoms with Gasteiger partial charge in [-0.05, 0) is 43.7 Å². The Kier molecular flexibility index (Phi) is 5.22. The van der Waals surface area contributed by atoms with Crippen LogP contribution >= 0.6 is 0 Å². The minimum Gasteiger partial charge on any atom is -0.492 e. The smallest absolute Gasteiger partial charge is 0.120 e. The second kappa shape index (κ2) is 7.35. The zero-order chi connectivity index (χ0) is 15.1. The molecule has 108 valence electrons. The van der Waals surface area contributed by atoms with Gasteiger partial charge < -0.3 is 9.64 Å². The van der Waals surface area contributed by atoms with Crippen LogP contribution in [0.2, 0.25) is 0 Å². The van der Waals surface area contributed by atoms with E-state index in [0.29, 0.717) is 12.2 Å².